The standard InChI is InChI=1S/C22H25N5/c1-27-10-8-15(9-11-27)21-18(12-23)20(19-13-24-26-22(19)25-21)17-7-3-5-14-4-2-6-16(14)17/h3,5,7,13,15,20H,2,4,6,8-11H2,1H3,(H2,24,25,26). The van der Waals surface area contributed by atoms with Gasteiger partial charge in [0.25, 0.3) is 0 Å². The number of hydrogen-bond acceptors (Lipinski definition) is 4. The van der Waals surface area contributed by atoms with Gasteiger partial charge in [-0.1, -0.05) is 18.2 Å². The highest BCUT2D eigenvalue weighted by Crippen LogP contribution is 2.45. The van der Waals surface area contributed by atoms with Gasteiger partial charge in [0.15, 0.2) is 0 Å². The van der Waals surface area contributed by atoms with Gasteiger partial charge >= 0.3 is 0 Å². The number of hydrogen-bond donors (Lipinski definition) is 2. The summed E-state index contributed by atoms with van der Waals surface area (Å²) in [7, 11) is 2.17. The van der Waals surface area contributed by atoms with Crippen molar-refractivity contribution in [1.29, 1.82) is 5.26 Å². The van der Waals surface area contributed by atoms with Crippen molar-refractivity contribution in [3.8, 4) is 6.07 Å². The molecule has 0 bridgehead atoms. The van der Waals surface area contributed by atoms with Gasteiger partial charge in [0, 0.05) is 17.2 Å². The highest BCUT2D eigenvalue weighted by molar-refractivity contribution is 5.66. The van der Waals surface area contributed by atoms with E-state index in [1.165, 1.54) is 23.1 Å². The molecule has 0 radical (unpaired) electrons. The van der Waals surface area contributed by atoms with Gasteiger partial charge in [-0.3, -0.25) is 5.10 Å². The highest BCUT2D eigenvalue weighted by Gasteiger charge is 2.36. The van der Waals surface area contributed by atoms with Crippen LogP contribution in [0.25, 0.3) is 0 Å². The molecule has 1 atom stereocenters. The van der Waals surface area contributed by atoms with E-state index in [9.17, 15) is 5.26 Å². The first-order valence-electron chi connectivity index (χ1n) is 10.00. The first-order chi connectivity index (χ1) is 13.3. The largest absolute Gasteiger partial charge is 0.343 e. The summed E-state index contributed by atoms with van der Waals surface area (Å²) in [6.07, 6.45) is 7.55. The summed E-state index contributed by atoms with van der Waals surface area (Å²) in [6, 6.07) is 9.22. The summed E-state index contributed by atoms with van der Waals surface area (Å²) >= 11 is 0. The fourth-order valence-corrected chi connectivity index (χ4v) is 5.11. The maximum Gasteiger partial charge on any atom is 0.129 e. The summed E-state index contributed by atoms with van der Waals surface area (Å²) < 4.78 is 0. The Balaban J connectivity index is 1.65. The topological polar surface area (TPSA) is 67.7 Å². The molecular weight excluding hydrogens is 334 g/mol. The Morgan fingerprint density at radius 3 is 2.85 bits per heavy atom. The van der Waals surface area contributed by atoms with Crippen molar-refractivity contribution in [1.82, 2.24) is 15.1 Å². The fraction of sp³-hybridized carbons (Fsp3) is 0.455. The van der Waals surface area contributed by atoms with Crippen LogP contribution in [0.15, 0.2) is 35.7 Å². The maximum absolute atomic E-state index is 10.2. The lowest BCUT2D eigenvalue weighted by atomic mass is 9.77. The van der Waals surface area contributed by atoms with Crippen LogP contribution < -0.4 is 5.32 Å². The van der Waals surface area contributed by atoms with Crippen LogP contribution in [-0.4, -0.2) is 35.2 Å². The van der Waals surface area contributed by atoms with Crippen molar-refractivity contribution < 1.29 is 0 Å². The second-order valence-electron chi connectivity index (χ2n) is 8.11. The predicted molar refractivity (Wildman–Crippen MR) is 105 cm³/mol. The van der Waals surface area contributed by atoms with E-state index >= 15 is 0 Å². The molecule has 0 amide bonds. The molecule has 27 heavy (non-hydrogen) atoms. The van der Waals surface area contributed by atoms with Crippen molar-refractivity contribution in [2.24, 2.45) is 5.92 Å². The lowest BCUT2D eigenvalue weighted by Crippen LogP contribution is -2.34. The number of nitrogens with zero attached hydrogens (tertiary/aromatic N) is 3. The molecule has 2 aliphatic heterocycles. The molecule has 0 saturated carbocycles. The van der Waals surface area contributed by atoms with Crippen LogP contribution in [0.1, 0.15) is 47.4 Å². The fourth-order valence-electron chi connectivity index (χ4n) is 5.11. The molecule has 5 nitrogen and oxygen atoms in total. The number of H-pyrrole nitrogens is 1. The average Bonchev–Trinajstić information content (AvgIpc) is 3.36. The Morgan fingerprint density at radius 2 is 2.04 bits per heavy atom. The van der Waals surface area contributed by atoms with Crippen molar-refractivity contribution in [3.63, 3.8) is 0 Å². The number of benzene rings is 1. The van der Waals surface area contributed by atoms with Gasteiger partial charge in [-0.05, 0) is 68.9 Å². The Morgan fingerprint density at radius 1 is 1.19 bits per heavy atom. The molecule has 1 fully saturated rings. The summed E-state index contributed by atoms with van der Waals surface area (Å²) in [6.45, 7) is 2.16. The van der Waals surface area contributed by atoms with Crippen LogP contribution in [0.3, 0.4) is 0 Å². The molecule has 1 aromatic carbocycles. The maximum atomic E-state index is 10.2. The zero-order valence-electron chi connectivity index (χ0n) is 15.8. The zero-order chi connectivity index (χ0) is 18.4. The van der Waals surface area contributed by atoms with Crippen LogP contribution in [0.5, 0.6) is 0 Å². The minimum atomic E-state index is -0.00675. The summed E-state index contributed by atoms with van der Waals surface area (Å²) in [5, 5.41) is 21.2. The van der Waals surface area contributed by atoms with Crippen molar-refractivity contribution >= 4 is 5.82 Å². The number of aryl methyl sites for hydroxylation is 1. The molecule has 3 heterocycles. The van der Waals surface area contributed by atoms with Gasteiger partial charge in [-0.2, -0.15) is 10.4 Å². The molecule has 1 unspecified atom stereocenters. The van der Waals surface area contributed by atoms with Gasteiger partial charge in [0.1, 0.15) is 5.82 Å². The predicted octanol–water partition coefficient (Wildman–Crippen LogP) is 3.58. The number of rotatable bonds is 2. The Hall–Kier alpha value is -2.58. The van der Waals surface area contributed by atoms with Crippen molar-refractivity contribution in [2.75, 3.05) is 25.5 Å². The molecule has 138 valence electrons. The normalized spacial score (nSPS) is 22.9. The van der Waals surface area contributed by atoms with Crippen LogP contribution in [0.4, 0.5) is 5.82 Å². The Kier molecular flexibility index (Phi) is 4.02. The third kappa shape index (κ3) is 2.67. The lowest BCUT2D eigenvalue weighted by Gasteiger charge is -2.35. The number of aromatic amines is 1. The molecule has 2 N–H and O–H groups in total. The molecule has 3 aliphatic rings. The summed E-state index contributed by atoms with van der Waals surface area (Å²) in [4.78, 5) is 2.37. The zero-order valence-corrected chi connectivity index (χ0v) is 15.8. The van der Waals surface area contributed by atoms with E-state index in [-0.39, 0.29) is 5.92 Å². The number of anilines is 1. The molecule has 5 heteroatoms. The number of fused-ring (bicyclic) bond motifs is 2. The van der Waals surface area contributed by atoms with E-state index in [4.69, 9.17) is 0 Å². The van der Waals surface area contributed by atoms with E-state index in [2.05, 4.69) is 51.7 Å². The van der Waals surface area contributed by atoms with Gasteiger partial charge in [-0.25, -0.2) is 0 Å². The molecule has 2 aromatic rings. The first-order valence-corrected chi connectivity index (χ1v) is 10.00. The minimum absolute atomic E-state index is 0.00675. The van der Waals surface area contributed by atoms with Gasteiger partial charge in [0.2, 0.25) is 0 Å². The van der Waals surface area contributed by atoms with E-state index in [0.717, 1.165) is 61.4 Å². The van der Waals surface area contributed by atoms with Gasteiger partial charge in [0.05, 0.1) is 23.8 Å². The molecule has 0 spiro atoms. The number of aromatic nitrogens is 2. The number of piperidine rings is 1. The molecule has 1 saturated heterocycles. The van der Waals surface area contributed by atoms with Crippen molar-refractivity contribution in [2.45, 2.75) is 38.0 Å². The highest BCUT2D eigenvalue weighted by atomic mass is 15.2. The van der Waals surface area contributed by atoms with Crippen LogP contribution >= 0.6 is 0 Å². The summed E-state index contributed by atoms with van der Waals surface area (Å²) in [5.74, 6) is 1.36. The lowest BCUT2D eigenvalue weighted by molar-refractivity contribution is 0.238. The monoisotopic (exact) mass is 359 g/mol. The second kappa shape index (κ2) is 6.54. The van der Waals surface area contributed by atoms with E-state index in [1.54, 1.807) is 0 Å². The second-order valence-corrected chi connectivity index (χ2v) is 8.11. The first kappa shape index (κ1) is 16.6. The van der Waals surface area contributed by atoms with Crippen molar-refractivity contribution in [3.05, 3.63) is 57.9 Å². The minimum Gasteiger partial charge on any atom is -0.343 e. The van der Waals surface area contributed by atoms with Gasteiger partial charge in [-0.15, -0.1) is 0 Å². The summed E-state index contributed by atoms with van der Waals surface area (Å²) in [5.41, 5.74) is 7.31. The van der Waals surface area contributed by atoms with Crippen LogP contribution in [0.2, 0.25) is 0 Å². The van der Waals surface area contributed by atoms with E-state index in [1.807, 2.05) is 6.20 Å². The Labute approximate surface area is 160 Å². The SMILES string of the molecule is CN1CCC(C2=C(C#N)C(c3cccc4c3CCC4)c3cn[nH]c3N2)CC1. The average molecular weight is 359 g/mol. The quantitative estimate of drug-likeness (QED) is 0.860. The van der Waals surface area contributed by atoms with Gasteiger partial charge < -0.3 is 10.2 Å². The number of nitriles is 1. The number of likely N-dealkylation sites (tertiary alicyclic amines) is 1. The molecule has 1 aliphatic carbocycles. The number of nitrogens with one attached hydrogen (secondary N) is 2. The third-order valence-electron chi connectivity index (χ3n) is 6.56. The smallest absolute Gasteiger partial charge is 0.129 e. The van der Waals surface area contributed by atoms with E-state index < -0.39 is 0 Å². The Bertz CT molecular complexity index is 940. The van der Waals surface area contributed by atoms with E-state index in [0.29, 0.717) is 5.92 Å². The molecular formula is C22H25N5. The molecule has 5 rings (SSSR count). The third-order valence-corrected chi connectivity index (χ3v) is 6.56. The number of allylic oxidation sites excluding steroid dienone is 2. The van der Waals surface area contributed by atoms with Crippen LogP contribution in [0, 0.1) is 17.2 Å². The molecule has 1 aromatic heterocycles. The van der Waals surface area contributed by atoms with Crippen LogP contribution in [-0.2, 0) is 12.8 Å².